The quantitative estimate of drug-likeness (QED) is 0.446. The van der Waals surface area contributed by atoms with Gasteiger partial charge in [0.15, 0.2) is 4.80 Å². The molecule has 0 unspecified atom stereocenters. The summed E-state index contributed by atoms with van der Waals surface area (Å²) in [6, 6.07) is 13.4. The van der Waals surface area contributed by atoms with E-state index in [0.29, 0.717) is 22.1 Å². The van der Waals surface area contributed by atoms with Crippen molar-refractivity contribution in [3.63, 3.8) is 0 Å². The Morgan fingerprint density at radius 2 is 1.94 bits per heavy atom. The number of aryl methyl sites for hydroxylation is 1. The van der Waals surface area contributed by atoms with Crippen LogP contribution >= 0.6 is 11.3 Å². The number of rotatable bonds is 7. The van der Waals surface area contributed by atoms with Crippen molar-refractivity contribution < 1.29 is 9.90 Å². The fraction of sp³-hybridized carbons (Fsp3) is 0.192. The molecule has 1 N–H and O–H groups in total. The summed E-state index contributed by atoms with van der Waals surface area (Å²) in [6.45, 7) is 5.92. The molecule has 2 aromatic carbocycles. The van der Waals surface area contributed by atoms with Crippen LogP contribution in [0.2, 0.25) is 0 Å². The van der Waals surface area contributed by atoms with Gasteiger partial charge in [0, 0.05) is 12.6 Å². The van der Waals surface area contributed by atoms with Crippen LogP contribution in [0.4, 0.5) is 5.69 Å². The number of nitriles is 1. The van der Waals surface area contributed by atoms with Gasteiger partial charge in [0.1, 0.15) is 12.5 Å². The van der Waals surface area contributed by atoms with E-state index in [1.54, 1.807) is 30.3 Å². The molecule has 0 aliphatic heterocycles. The van der Waals surface area contributed by atoms with E-state index in [4.69, 9.17) is 0 Å². The van der Waals surface area contributed by atoms with E-state index in [1.807, 2.05) is 29.8 Å². The molecule has 6 heteroatoms. The summed E-state index contributed by atoms with van der Waals surface area (Å²) in [7, 11) is 1.85. The highest BCUT2D eigenvalue weighted by atomic mass is 32.1. The second kappa shape index (κ2) is 10.6. The Bertz CT molecular complexity index is 1370. The van der Waals surface area contributed by atoms with Gasteiger partial charge in [-0.2, -0.15) is 5.26 Å². The molecule has 1 aromatic heterocycles. The monoisotopic (exact) mass is 443 g/mol. The van der Waals surface area contributed by atoms with E-state index in [9.17, 15) is 15.2 Å². The number of thiazole rings is 1. The topological polar surface area (TPSA) is 78.4 Å². The molecule has 0 aliphatic rings. The molecule has 0 bridgehead atoms. The minimum absolute atomic E-state index is 0.594. The molecule has 0 spiro atoms. The third-order valence-corrected chi connectivity index (χ3v) is 6.19. The first-order chi connectivity index (χ1) is 15.5. The number of hydrogen-bond acceptors (Lipinski definition) is 5. The molecule has 5 nitrogen and oxygen atoms in total. The van der Waals surface area contributed by atoms with Gasteiger partial charge in [-0.1, -0.05) is 42.9 Å². The maximum Gasteiger partial charge on any atom is 0.190 e. The van der Waals surface area contributed by atoms with Crippen LogP contribution in [0.25, 0.3) is 12.3 Å². The van der Waals surface area contributed by atoms with Gasteiger partial charge >= 0.3 is 0 Å². The number of allylic oxidation sites excluding steroid dienone is 1. The van der Waals surface area contributed by atoms with Crippen molar-refractivity contribution in [2.24, 2.45) is 12.0 Å². The second-order valence-electron chi connectivity index (χ2n) is 7.36. The standard InChI is InChI=1S/C26H25N3O2S/c1-4-6-20-12-19(13-21(7-5-2)23(20)15-27)14-25-24(17-31)29(3)26(32-25)28-22-10-8-18(16-30)9-11-22/h4,8-14,16-17,31H,1,5-7H2,2-3H3/b24-17-,25-14-,28-26?. The first-order valence-electron chi connectivity index (χ1n) is 10.3. The van der Waals surface area contributed by atoms with Crippen molar-refractivity contribution in [3.8, 4) is 6.07 Å². The number of aromatic nitrogens is 1. The van der Waals surface area contributed by atoms with E-state index < -0.39 is 0 Å². The largest absolute Gasteiger partial charge is 0.513 e. The Balaban J connectivity index is 2.19. The van der Waals surface area contributed by atoms with Gasteiger partial charge in [0.2, 0.25) is 0 Å². The molecule has 0 aliphatic carbocycles. The summed E-state index contributed by atoms with van der Waals surface area (Å²) in [6.07, 6.45) is 8.08. The number of aliphatic hydroxyl groups is 1. The zero-order valence-corrected chi connectivity index (χ0v) is 19.0. The number of nitrogens with zero attached hydrogens (tertiary/aromatic N) is 3. The Hall–Kier alpha value is -3.69. The second-order valence-corrected chi connectivity index (χ2v) is 8.37. The van der Waals surface area contributed by atoms with Crippen LogP contribution in [0, 0.1) is 11.3 Å². The van der Waals surface area contributed by atoms with E-state index in [1.165, 1.54) is 11.3 Å². The number of hydrogen-bond donors (Lipinski definition) is 1. The minimum atomic E-state index is 0.594. The molecule has 1 heterocycles. The molecular formula is C26H25N3O2S. The number of carbonyl (C=O) groups excluding carboxylic acids is 1. The van der Waals surface area contributed by atoms with Crippen molar-refractivity contribution in [3.05, 3.63) is 91.6 Å². The lowest BCUT2D eigenvalue weighted by atomic mass is 9.94. The van der Waals surface area contributed by atoms with Crippen LogP contribution in [0.3, 0.4) is 0 Å². The van der Waals surface area contributed by atoms with Gasteiger partial charge in [-0.3, -0.25) is 4.79 Å². The molecule has 0 atom stereocenters. The maximum atomic E-state index is 10.9. The van der Waals surface area contributed by atoms with E-state index in [-0.39, 0.29) is 0 Å². The molecular weight excluding hydrogens is 418 g/mol. The predicted molar refractivity (Wildman–Crippen MR) is 129 cm³/mol. The Morgan fingerprint density at radius 3 is 2.53 bits per heavy atom. The molecule has 0 amide bonds. The summed E-state index contributed by atoms with van der Waals surface area (Å²) in [4.78, 5) is 16.2. The van der Waals surface area contributed by atoms with E-state index in [0.717, 1.165) is 57.9 Å². The molecule has 0 saturated heterocycles. The first-order valence-corrected chi connectivity index (χ1v) is 11.1. The highest BCUT2D eigenvalue weighted by Crippen LogP contribution is 2.20. The fourth-order valence-corrected chi connectivity index (χ4v) is 4.60. The lowest BCUT2D eigenvalue weighted by Crippen LogP contribution is -2.30. The summed E-state index contributed by atoms with van der Waals surface area (Å²) in [5, 5.41) is 20.2. The average molecular weight is 444 g/mol. The number of aliphatic hydroxyl groups excluding tert-OH is 1. The van der Waals surface area contributed by atoms with Crippen LogP contribution < -0.4 is 14.7 Å². The highest BCUT2D eigenvalue weighted by Gasteiger charge is 2.09. The zero-order chi connectivity index (χ0) is 23.1. The van der Waals surface area contributed by atoms with Gasteiger partial charge in [-0.05, 0) is 59.9 Å². The molecule has 32 heavy (non-hydrogen) atoms. The normalized spacial score (nSPS) is 12.7. The van der Waals surface area contributed by atoms with Crippen LogP contribution in [0.15, 0.2) is 54.0 Å². The SMILES string of the molecule is C=CCc1cc(/C=c2\sc(=Nc3ccc(C=O)cc3)n(C)\c2=C/O)cc(CCC)c1C#N. The van der Waals surface area contributed by atoms with Crippen LogP contribution in [0.5, 0.6) is 0 Å². The molecule has 3 rings (SSSR count). The summed E-state index contributed by atoms with van der Waals surface area (Å²) >= 11 is 1.45. The lowest BCUT2D eigenvalue weighted by molar-refractivity contribution is 0.112. The average Bonchev–Trinajstić information content (AvgIpc) is 3.08. The van der Waals surface area contributed by atoms with E-state index >= 15 is 0 Å². The minimum Gasteiger partial charge on any atom is -0.513 e. The van der Waals surface area contributed by atoms with E-state index in [2.05, 4.69) is 24.6 Å². The summed E-state index contributed by atoms with van der Waals surface area (Å²) in [5.41, 5.74) is 4.99. The molecule has 0 radical (unpaired) electrons. The van der Waals surface area contributed by atoms with Crippen molar-refractivity contribution in [2.75, 3.05) is 0 Å². The summed E-state index contributed by atoms with van der Waals surface area (Å²) in [5.74, 6) is 0. The first kappa shape index (κ1) is 23.0. The van der Waals surface area contributed by atoms with Gasteiger partial charge in [0.25, 0.3) is 0 Å². The number of carbonyl (C=O) groups is 1. The van der Waals surface area contributed by atoms with Gasteiger partial charge in [0.05, 0.1) is 27.2 Å². The molecule has 0 saturated carbocycles. The van der Waals surface area contributed by atoms with Crippen molar-refractivity contribution >= 4 is 35.6 Å². The third-order valence-electron chi connectivity index (χ3n) is 5.10. The molecule has 3 aromatic rings. The molecule has 162 valence electrons. The third kappa shape index (κ3) is 4.96. The predicted octanol–water partition coefficient (Wildman–Crippen LogP) is 3.81. The van der Waals surface area contributed by atoms with Crippen LogP contribution in [0.1, 0.15) is 46.0 Å². The van der Waals surface area contributed by atoms with Gasteiger partial charge in [-0.15, -0.1) is 6.58 Å². The molecule has 0 fully saturated rings. The smallest absolute Gasteiger partial charge is 0.190 e. The van der Waals surface area contributed by atoms with Crippen LogP contribution in [-0.2, 0) is 19.9 Å². The van der Waals surface area contributed by atoms with Crippen LogP contribution in [-0.4, -0.2) is 16.0 Å². The number of benzene rings is 2. The Morgan fingerprint density at radius 1 is 1.22 bits per heavy atom. The van der Waals surface area contributed by atoms with Crippen molar-refractivity contribution in [2.45, 2.75) is 26.2 Å². The van der Waals surface area contributed by atoms with Gasteiger partial charge < -0.3 is 9.67 Å². The Kier molecular flexibility index (Phi) is 7.58. The Labute approximate surface area is 191 Å². The van der Waals surface area contributed by atoms with Gasteiger partial charge in [-0.25, -0.2) is 4.99 Å². The lowest BCUT2D eigenvalue weighted by Gasteiger charge is -2.09. The van der Waals surface area contributed by atoms with Crippen molar-refractivity contribution in [1.82, 2.24) is 4.57 Å². The zero-order valence-electron chi connectivity index (χ0n) is 18.2. The van der Waals surface area contributed by atoms with Crippen molar-refractivity contribution in [1.29, 1.82) is 5.26 Å². The number of aldehydes is 1. The highest BCUT2D eigenvalue weighted by molar-refractivity contribution is 7.07. The maximum absolute atomic E-state index is 10.9. The fourth-order valence-electron chi connectivity index (χ4n) is 3.53. The summed E-state index contributed by atoms with van der Waals surface area (Å²) < 4.78 is 2.68.